The summed E-state index contributed by atoms with van der Waals surface area (Å²) in [7, 11) is 3.30. The molecule has 1 heterocycles. The van der Waals surface area contributed by atoms with Gasteiger partial charge in [-0.25, -0.2) is 4.79 Å². The fourth-order valence-corrected chi connectivity index (χ4v) is 7.36. The lowest BCUT2D eigenvalue weighted by molar-refractivity contribution is -0.123. The second kappa shape index (κ2) is 14.1. The Morgan fingerprint density at radius 2 is 1.69 bits per heavy atom. The normalized spacial score (nSPS) is 23.3. The van der Waals surface area contributed by atoms with Crippen molar-refractivity contribution in [2.24, 2.45) is 17.8 Å². The number of alkyl carbamates (subject to hydrolysis) is 1. The SMILES string of the molecule is CNC(=O)OCC1CCC(C(=O)N(CC2CCC(c3ccc(OC)c(C)c3)CC2)c2cccc(-c3cnn(C4CC4)c3)c2)CC1. The summed E-state index contributed by atoms with van der Waals surface area (Å²) in [6.45, 7) is 3.28. The number of methoxy groups -OCH3 is 1. The first-order chi connectivity index (χ1) is 21.9. The van der Waals surface area contributed by atoms with E-state index in [2.05, 4.69) is 75.6 Å². The fraction of sp³-hybridized carbons (Fsp3) is 0.541. The molecule has 45 heavy (non-hydrogen) atoms. The summed E-state index contributed by atoms with van der Waals surface area (Å²) in [6.07, 6.45) is 14.0. The van der Waals surface area contributed by atoms with Gasteiger partial charge < -0.3 is 19.7 Å². The first-order valence-corrected chi connectivity index (χ1v) is 16.9. The van der Waals surface area contributed by atoms with Crippen molar-refractivity contribution in [1.82, 2.24) is 15.1 Å². The molecule has 0 saturated heterocycles. The molecule has 0 aliphatic heterocycles. The van der Waals surface area contributed by atoms with E-state index in [0.29, 0.717) is 30.4 Å². The molecule has 8 heteroatoms. The minimum Gasteiger partial charge on any atom is -0.496 e. The van der Waals surface area contributed by atoms with E-state index >= 15 is 0 Å². The van der Waals surface area contributed by atoms with Crippen LogP contribution >= 0.6 is 0 Å². The summed E-state index contributed by atoms with van der Waals surface area (Å²) in [6, 6.07) is 15.6. The van der Waals surface area contributed by atoms with E-state index in [1.807, 2.05) is 6.20 Å². The highest BCUT2D eigenvalue weighted by molar-refractivity contribution is 5.95. The van der Waals surface area contributed by atoms with Gasteiger partial charge in [0.15, 0.2) is 0 Å². The van der Waals surface area contributed by atoms with Crippen LogP contribution in [0, 0.1) is 24.7 Å². The molecule has 240 valence electrons. The molecule has 2 amide bonds. The van der Waals surface area contributed by atoms with Crippen molar-refractivity contribution in [3.05, 3.63) is 66.0 Å². The molecular weight excluding hydrogens is 564 g/mol. The highest BCUT2D eigenvalue weighted by Gasteiger charge is 2.33. The highest BCUT2D eigenvalue weighted by Crippen LogP contribution is 2.40. The third-order valence-electron chi connectivity index (χ3n) is 10.3. The standard InChI is InChI=1S/C37H48N4O4/c1-25-19-31(15-18-35(25)44-3)28-11-7-26(8-12-28)22-40(36(42)29-13-9-27(10-14-29)24-45-37(43)38-2)34-6-4-5-30(20-34)32-21-39-41(23-32)33-16-17-33/h4-6,15,18-21,23,26-29,33H,7-14,16-17,22,24H2,1-3H3,(H,38,43). The molecule has 0 bridgehead atoms. The van der Waals surface area contributed by atoms with Crippen molar-refractivity contribution in [3.8, 4) is 16.9 Å². The van der Waals surface area contributed by atoms with Gasteiger partial charge in [-0.05, 0) is 124 Å². The number of anilines is 1. The van der Waals surface area contributed by atoms with Gasteiger partial charge in [0.1, 0.15) is 5.75 Å². The maximum absolute atomic E-state index is 14.3. The van der Waals surface area contributed by atoms with Gasteiger partial charge in [0.05, 0.1) is 26.0 Å². The second-order valence-electron chi connectivity index (χ2n) is 13.5. The van der Waals surface area contributed by atoms with Crippen LogP contribution in [0.25, 0.3) is 11.1 Å². The fourth-order valence-electron chi connectivity index (χ4n) is 7.36. The van der Waals surface area contributed by atoms with Crippen molar-refractivity contribution in [2.75, 3.05) is 32.2 Å². The van der Waals surface area contributed by atoms with Crippen LogP contribution < -0.4 is 15.0 Å². The molecule has 2 aromatic carbocycles. The average molecular weight is 613 g/mol. The minimum atomic E-state index is -0.390. The Morgan fingerprint density at radius 3 is 2.38 bits per heavy atom. The Labute approximate surface area is 267 Å². The van der Waals surface area contributed by atoms with Crippen LogP contribution in [-0.4, -0.2) is 49.1 Å². The lowest BCUT2D eigenvalue weighted by Crippen LogP contribution is -2.41. The van der Waals surface area contributed by atoms with E-state index in [0.717, 1.165) is 80.5 Å². The van der Waals surface area contributed by atoms with Crippen LogP contribution in [0.2, 0.25) is 0 Å². The van der Waals surface area contributed by atoms with E-state index in [9.17, 15) is 9.59 Å². The highest BCUT2D eigenvalue weighted by atomic mass is 16.5. The molecule has 0 spiro atoms. The van der Waals surface area contributed by atoms with Gasteiger partial charge in [-0.3, -0.25) is 9.48 Å². The number of hydrogen-bond acceptors (Lipinski definition) is 5. The number of amides is 2. The first kappa shape index (κ1) is 31.2. The maximum Gasteiger partial charge on any atom is 0.406 e. The lowest BCUT2D eigenvalue weighted by Gasteiger charge is -2.36. The van der Waals surface area contributed by atoms with E-state index in [1.165, 1.54) is 24.0 Å². The van der Waals surface area contributed by atoms with Gasteiger partial charge in [0.25, 0.3) is 0 Å². The van der Waals surface area contributed by atoms with Crippen LogP contribution in [0.3, 0.4) is 0 Å². The monoisotopic (exact) mass is 612 g/mol. The van der Waals surface area contributed by atoms with E-state index in [1.54, 1.807) is 14.2 Å². The Morgan fingerprint density at radius 1 is 0.933 bits per heavy atom. The smallest absolute Gasteiger partial charge is 0.406 e. The predicted molar refractivity (Wildman–Crippen MR) is 177 cm³/mol. The van der Waals surface area contributed by atoms with Crippen molar-refractivity contribution in [2.45, 2.75) is 83.1 Å². The number of carbonyl (C=O) groups excluding carboxylic acids is 2. The third kappa shape index (κ3) is 7.54. The average Bonchev–Trinajstić information content (AvgIpc) is 3.82. The summed E-state index contributed by atoms with van der Waals surface area (Å²) < 4.78 is 12.9. The number of nitrogens with one attached hydrogen (secondary N) is 1. The first-order valence-electron chi connectivity index (χ1n) is 16.9. The Kier molecular flexibility index (Phi) is 9.76. The van der Waals surface area contributed by atoms with E-state index in [-0.39, 0.29) is 11.8 Å². The molecule has 3 saturated carbocycles. The number of aryl methyl sites for hydroxylation is 1. The van der Waals surface area contributed by atoms with Crippen molar-refractivity contribution in [1.29, 1.82) is 0 Å². The predicted octanol–water partition coefficient (Wildman–Crippen LogP) is 7.67. The van der Waals surface area contributed by atoms with Crippen LogP contribution in [0.15, 0.2) is 54.9 Å². The molecule has 0 radical (unpaired) electrons. The molecule has 8 nitrogen and oxygen atoms in total. The van der Waals surface area contributed by atoms with Crippen LogP contribution in [-0.2, 0) is 9.53 Å². The van der Waals surface area contributed by atoms with Gasteiger partial charge in [-0.2, -0.15) is 5.10 Å². The minimum absolute atomic E-state index is 0.0128. The number of nitrogens with zero attached hydrogens (tertiary/aromatic N) is 3. The molecule has 3 aromatic rings. The van der Waals surface area contributed by atoms with Gasteiger partial charge >= 0.3 is 6.09 Å². The Bertz CT molecular complexity index is 1460. The number of hydrogen-bond donors (Lipinski definition) is 1. The zero-order valence-electron chi connectivity index (χ0n) is 27.0. The second-order valence-corrected chi connectivity index (χ2v) is 13.5. The van der Waals surface area contributed by atoms with Crippen LogP contribution in [0.4, 0.5) is 10.5 Å². The van der Waals surface area contributed by atoms with Crippen molar-refractivity contribution >= 4 is 17.7 Å². The molecule has 1 N–H and O–H groups in total. The number of rotatable bonds is 10. The molecule has 3 aliphatic rings. The van der Waals surface area contributed by atoms with Crippen molar-refractivity contribution in [3.63, 3.8) is 0 Å². The van der Waals surface area contributed by atoms with Crippen LogP contribution in [0.5, 0.6) is 5.75 Å². The lowest BCUT2D eigenvalue weighted by atomic mass is 9.77. The van der Waals surface area contributed by atoms with Crippen molar-refractivity contribution < 1.29 is 19.1 Å². The quantitative estimate of drug-likeness (QED) is 0.254. The van der Waals surface area contributed by atoms with E-state index < -0.39 is 6.09 Å². The molecule has 0 atom stereocenters. The zero-order valence-corrected chi connectivity index (χ0v) is 27.0. The van der Waals surface area contributed by atoms with E-state index in [4.69, 9.17) is 9.47 Å². The van der Waals surface area contributed by atoms with Crippen LogP contribution in [0.1, 0.15) is 87.3 Å². The third-order valence-corrected chi connectivity index (χ3v) is 10.3. The summed E-state index contributed by atoms with van der Waals surface area (Å²) in [5, 5.41) is 7.13. The summed E-state index contributed by atoms with van der Waals surface area (Å²) in [5.74, 6) is 2.48. The Balaban J connectivity index is 1.16. The number of benzene rings is 2. The molecule has 3 fully saturated rings. The molecule has 6 rings (SSSR count). The Hall–Kier alpha value is -3.81. The summed E-state index contributed by atoms with van der Waals surface area (Å²) >= 11 is 0. The summed E-state index contributed by atoms with van der Waals surface area (Å²) in [5.41, 5.74) is 5.77. The van der Waals surface area contributed by atoms with Gasteiger partial charge in [0.2, 0.25) is 5.91 Å². The number of carbonyl (C=O) groups is 2. The zero-order chi connectivity index (χ0) is 31.3. The van der Waals surface area contributed by atoms with Gasteiger partial charge in [-0.1, -0.05) is 24.3 Å². The largest absolute Gasteiger partial charge is 0.496 e. The molecular formula is C37H48N4O4. The number of ether oxygens (including phenoxy) is 2. The number of aromatic nitrogens is 2. The molecule has 0 unspecified atom stereocenters. The molecule has 3 aliphatic carbocycles. The summed E-state index contributed by atoms with van der Waals surface area (Å²) in [4.78, 5) is 28.0. The van der Waals surface area contributed by atoms with Gasteiger partial charge in [-0.15, -0.1) is 0 Å². The topological polar surface area (TPSA) is 85.7 Å². The van der Waals surface area contributed by atoms with Gasteiger partial charge in [0, 0.05) is 37.0 Å². The maximum atomic E-state index is 14.3. The molecule has 1 aromatic heterocycles.